The normalized spacial score (nSPS) is 15.4. The number of nitriles is 1. The molecule has 1 aromatic heterocycles. The smallest absolute Gasteiger partial charge is 0.338 e. The zero-order valence-corrected chi connectivity index (χ0v) is 19.9. The Labute approximate surface area is 200 Å². The van der Waals surface area contributed by atoms with Crippen molar-refractivity contribution in [3.05, 3.63) is 96.2 Å². The number of fused-ring (bicyclic) bond motifs is 1. The van der Waals surface area contributed by atoms with Crippen molar-refractivity contribution >= 4 is 23.4 Å². The molecule has 0 N–H and O–H groups in total. The first-order valence-electron chi connectivity index (χ1n) is 10.8. The third-order valence-electron chi connectivity index (χ3n) is 5.41. The molecular formula is C26H23N3O4S. The molecule has 0 bridgehead atoms. The van der Waals surface area contributed by atoms with Gasteiger partial charge < -0.3 is 9.47 Å². The molecule has 1 aliphatic heterocycles. The van der Waals surface area contributed by atoms with Crippen LogP contribution in [-0.2, 0) is 9.53 Å². The van der Waals surface area contributed by atoms with Gasteiger partial charge in [-0.05, 0) is 38.5 Å². The molecule has 172 valence electrons. The Morgan fingerprint density at radius 1 is 1.21 bits per heavy atom. The van der Waals surface area contributed by atoms with Gasteiger partial charge in [-0.25, -0.2) is 9.79 Å². The largest absolute Gasteiger partial charge is 0.478 e. The second-order valence-corrected chi connectivity index (χ2v) is 8.71. The van der Waals surface area contributed by atoms with Gasteiger partial charge in [-0.2, -0.15) is 5.26 Å². The number of esters is 1. The molecule has 3 aromatic rings. The summed E-state index contributed by atoms with van der Waals surface area (Å²) in [6.45, 7) is 5.61. The molecule has 7 nitrogen and oxygen atoms in total. The lowest BCUT2D eigenvalue weighted by Gasteiger charge is -2.24. The van der Waals surface area contributed by atoms with E-state index in [1.54, 1.807) is 36.6 Å². The minimum Gasteiger partial charge on any atom is -0.478 e. The first-order valence-corrected chi connectivity index (χ1v) is 11.6. The van der Waals surface area contributed by atoms with E-state index in [2.05, 4.69) is 4.99 Å². The number of rotatable bonds is 6. The Kier molecular flexibility index (Phi) is 6.75. The van der Waals surface area contributed by atoms with Crippen LogP contribution >= 0.6 is 11.3 Å². The average Bonchev–Trinajstić information content (AvgIpc) is 3.12. The molecule has 2 heterocycles. The molecule has 0 saturated heterocycles. The molecule has 0 unspecified atom stereocenters. The molecule has 0 radical (unpaired) electrons. The minimum atomic E-state index is -0.650. The van der Waals surface area contributed by atoms with Gasteiger partial charge in [0.05, 0.1) is 28.5 Å². The number of aryl methyl sites for hydroxylation is 1. The molecule has 0 saturated carbocycles. The molecule has 0 spiro atoms. The Hall–Kier alpha value is -3.96. The van der Waals surface area contributed by atoms with Gasteiger partial charge in [0.15, 0.2) is 11.4 Å². The predicted octanol–water partition coefficient (Wildman–Crippen LogP) is 3.01. The van der Waals surface area contributed by atoms with Crippen molar-refractivity contribution < 1.29 is 14.3 Å². The second kappa shape index (κ2) is 9.89. The summed E-state index contributed by atoms with van der Waals surface area (Å²) in [4.78, 5) is 31.6. The van der Waals surface area contributed by atoms with Gasteiger partial charge in [0.2, 0.25) is 0 Å². The third kappa shape index (κ3) is 4.43. The summed E-state index contributed by atoms with van der Waals surface area (Å²) in [5.41, 5.74) is 3.16. The van der Waals surface area contributed by atoms with E-state index in [0.717, 1.165) is 11.1 Å². The van der Waals surface area contributed by atoms with Gasteiger partial charge in [0.1, 0.15) is 11.8 Å². The summed E-state index contributed by atoms with van der Waals surface area (Å²) in [6, 6.07) is 16.2. The van der Waals surface area contributed by atoms with Crippen LogP contribution in [0.15, 0.2) is 69.6 Å². The molecular weight excluding hydrogens is 450 g/mol. The maximum Gasteiger partial charge on any atom is 0.338 e. The number of hydrogen-bond acceptors (Lipinski definition) is 7. The lowest BCUT2D eigenvalue weighted by Crippen LogP contribution is -2.39. The molecule has 4 rings (SSSR count). The Bertz CT molecular complexity index is 1490. The Balaban J connectivity index is 1.93. The molecule has 0 amide bonds. The number of hydrogen-bond donors (Lipinski definition) is 0. The highest BCUT2D eigenvalue weighted by atomic mass is 32.1. The van der Waals surface area contributed by atoms with Crippen LogP contribution in [-0.4, -0.2) is 23.8 Å². The van der Waals surface area contributed by atoms with Crippen LogP contribution in [0.4, 0.5) is 0 Å². The summed E-state index contributed by atoms with van der Waals surface area (Å²) in [7, 11) is 0. The van der Waals surface area contributed by atoms with E-state index in [9.17, 15) is 9.59 Å². The molecule has 2 aromatic carbocycles. The Morgan fingerprint density at radius 3 is 2.65 bits per heavy atom. The van der Waals surface area contributed by atoms with Crippen LogP contribution in [0, 0.1) is 18.3 Å². The minimum absolute atomic E-state index is 0.0956. The van der Waals surface area contributed by atoms with Crippen molar-refractivity contribution in [3.63, 3.8) is 0 Å². The second-order valence-electron chi connectivity index (χ2n) is 7.70. The van der Waals surface area contributed by atoms with Crippen molar-refractivity contribution in [2.45, 2.75) is 26.8 Å². The van der Waals surface area contributed by atoms with E-state index in [1.807, 2.05) is 49.4 Å². The maximum atomic E-state index is 13.6. The number of aromatic nitrogens is 1. The van der Waals surface area contributed by atoms with Crippen LogP contribution < -0.4 is 19.6 Å². The molecule has 0 aliphatic carbocycles. The third-order valence-corrected chi connectivity index (χ3v) is 6.39. The number of benzene rings is 2. The SMILES string of the molecule is CCOC(=O)C1=C(C)N=c2s/c(=C/c3ccccc3OCC#N)c(=O)n2[C@H]1c1ccc(C)cc1. The summed E-state index contributed by atoms with van der Waals surface area (Å²) >= 11 is 1.24. The van der Waals surface area contributed by atoms with Gasteiger partial charge in [0, 0.05) is 5.56 Å². The van der Waals surface area contributed by atoms with Crippen LogP contribution in [0.3, 0.4) is 0 Å². The average molecular weight is 474 g/mol. The summed E-state index contributed by atoms with van der Waals surface area (Å²) in [5, 5.41) is 8.86. The molecule has 0 fully saturated rings. The summed E-state index contributed by atoms with van der Waals surface area (Å²) in [6.07, 6.45) is 1.73. The predicted molar refractivity (Wildman–Crippen MR) is 129 cm³/mol. The Morgan fingerprint density at radius 2 is 1.94 bits per heavy atom. The van der Waals surface area contributed by atoms with Crippen LogP contribution in [0.5, 0.6) is 5.75 Å². The molecule has 8 heteroatoms. The molecule has 1 aliphatic rings. The standard InChI is InChI=1S/C26H23N3O4S/c1-4-32-25(31)22-17(3)28-26-29(23(22)18-11-9-16(2)10-12-18)24(30)21(34-26)15-19-7-5-6-8-20(19)33-14-13-27/h5-12,15,23H,4,14H2,1-3H3/b21-15+/t23-/m0/s1. The van der Waals surface area contributed by atoms with Crippen LogP contribution in [0.25, 0.3) is 6.08 Å². The van der Waals surface area contributed by atoms with Gasteiger partial charge >= 0.3 is 5.97 Å². The maximum absolute atomic E-state index is 13.6. The lowest BCUT2D eigenvalue weighted by atomic mass is 9.95. The number of carbonyl (C=O) groups excluding carboxylic acids is 1. The summed E-state index contributed by atoms with van der Waals surface area (Å²) in [5.74, 6) is 0.0206. The van der Waals surface area contributed by atoms with E-state index in [4.69, 9.17) is 14.7 Å². The number of nitrogens with zero attached hydrogens (tertiary/aromatic N) is 3. The monoisotopic (exact) mass is 473 g/mol. The zero-order chi connectivity index (χ0) is 24.2. The number of allylic oxidation sites excluding steroid dienone is 1. The van der Waals surface area contributed by atoms with Crippen molar-refractivity contribution in [2.24, 2.45) is 4.99 Å². The highest BCUT2D eigenvalue weighted by molar-refractivity contribution is 7.07. The number of thiazole rings is 1. The first-order chi connectivity index (χ1) is 16.4. The van der Waals surface area contributed by atoms with Crippen molar-refractivity contribution in [1.82, 2.24) is 4.57 Å². The highest BCUT2D eigenvalue weighted by Gasteiger charge is 2.33. The van der Waals surface area contributed by atoms with E-state index in [-0.39, 0.29) is 18.8 Å². The van der Waals surface area contributed by atoms with E-state index in [0.29, 0.717) is 31.9 Å². The summed E-state index contributed by atoms with van der Waals surface area (Å²) < 4.78 is 12.8. The fourth-order valence-electron chi connectivity index (χ4n) is 3.84. The quantitative estimate of drug-likeness (QED) is 0.513. The van der Waals surface area contributed by atoms with Crippen molar-refractivity contribution in [3.8, 4) is 11.8 Å². The van der Waals surface area contributed by atoms with Crippen LogP contribution in [0.2, 0.25) is 0 Å². The van der Waals surface area contributed by atoms with Gasteiger partial charge in [-0.1, -0.05) is 59.4 Å². The van der Waals surface area contributed by atoms with Crippen molar-refractivity contribution in [2.75, 3.05) is 13.2 Å². The topological polar surface area (TPSA) is 93.7 Å². The first kappa shape index (κ1) is 23.2. The van der Waals surface area contributed by atoms with E-state index >= 15 is 0 Å². The van der Waals surface area contributed by atoms with E-state index in [1.165, 1.54) is 11.3 Å². The van der Waals surface area contributed by atoms with Gasteiger partial charge in [0.25, 0.3) is 5.56 Å². The van der Waals surface area contributed by atoms with Gasteiger partial charge in [-0.3, -0.25) is 9.36 Å². The fraction of sp³-hybridized carbons (Fsp3) is 0.231. The fourth-order valence-corrected chi connectivity index (χ4v) is 4.88. The van der Waals surface area contributed by atoms with E-state index < -0.39 is 12.0 Å². The molecule has 1 atom stereocenters. The van der Waals surface area contributed by atoms with Crippen LogP contribution in [0.1, 0.15) is 36.6 Å². The number of ether oxygens (including phenoxy) is 2. The van der Waals surface area contributed by atoms with Gasteiger partial charge in [-0.15, -0.1) is 0 Å². The van der Waals surface area contributed by atoms with Crippen molar-refractivity contribution in [1.29, 1.82) is 5.26 Å². The lowest BCUT2D eigenvalue weighted by molar-refractivity contribution is -0.139. The highest BCUT2D eigenvalue weighted by Crippen LogP contribution is 2.30. The molecule has 34 heavy (non-hydrogen) atoms. The number of para-hydroxylation sites is 1. The number of carbonyl (C=O) groups is 1. The zero-order valence-electron chi connectivity index (χ0n) is 19.1.